The maximum atomic E-state index is 5.34. The predicted octanol–water partition coefficient (Wildman–Crippen LogP) is 3.46. The molecule has 0 aliphatic heterocycles. The summed E-state index contributed by atoms with van der Waals surface area (Å²) in [5.41, 5.74) is 2.19. The third-order valence-corrected chi connectivity index (χ3v) is 3.73. The summed E-state index contributed by atoms with van der Waals surface area (Å²) in [4.78, 5) is 3.22. The van der Waals surface area contributed by atoms with Gasteiger partial charge in [0.15, 0.2) is 4.77 Å². The first-order chi connectivity index (χ1) is 8.26. The fourth-order valence-corrected chi connectivity index (χ4v) is 2.57. The summed E-state index contributed by atoms with van der Waals surface area (Å²) in [6, 6.07) is 5.98. The van der Waals surface area contributed by atoms with Gasteiger partial charge in [0, 0.05) is 12.6 Å². The Morgan fingerprint density at radius 2 is 2.29 bits per heavy atom. The Kier molecular flexibility index (Phi) is 4.12. The maximum absolute atomic E-state index is 5.34. The fourth-order valence-electron chi connectivity index (χ4n) is 1.85. The number of benzene rings is 1. The van der Waals surface area contributed by atoms with E-state index in [1.54, 1.807) is 7.11 Å². The minimum absolute atomic E-state index is 0.786. The molecule has 5 heteroatoms. The van der Waals surface area contributed by atoms with Crippen molar-refractivity contribution in [3.05, 3.63) is 23.0 Å². The first-order valence-corrected chi connectivity index (χ1v) is 7.32. The molecule has 1 heterocycles. The lowest BCUT2D eigenvalue weighted by molar-refractivity contribution is 0.415. The summed E-state index contributed by atoms with van der Waals surface area (Å²) in [6.45, 7) is 0.951. The molecule has 0 aliphatic carbocycles. The van der Waals surface area contributed by atoms with E-state index in [2.05, 4.69) is 15.8 Å². The monoisotopic (exact) mass is 268 g/mol. The number of imidazole rings is 1. The molecule has 92 valence electrons. The van der Waals surface area contributed by atoms with E-state index in [1.807, 2.05) is 30.0 Å². The second-order valence-corrected chi connectivity index (χ2v) is 5.18. The summed E-state index contributed by atoms with van der Waals surface area (Å²) < 4.78 is 8.18. The standard InChI is InChI=1S/C12H16N2OS2/c1-15-9-4-5-10-11(8-9)14(12(16)13-10)6-3-7-17-2/h4-5,8H,3,6-7H2,1-2H3,(H,13,16). The lowest BCUT2D eigenvalue weighted by Crippen LogP contribution is -1.99. The number of aromatic nitrogens is 2. The molecule has 1 aromatic carbocycles. The van der Waals surface area contributed by atoms with E-state index in [1.165, 1.54) is 0 Å². The first-order valence-electron chi connectivity index (χ1n) is 5.51. The molecule has 0 fully saturated rings. The van der Waals surface area contributed by atoms with Crippen LogP contribution < -0.4 is 4.74 Å². The number of nitrogens with zero attached hydrogens (tertiary/aromatic N) is 1. The molecule has 0 radical (unpaired) electrons. The average Bonchev–Trinajstić information content (AvgIpc) is 2.65. The van der Waals surface area contributed by atoms with Crippen LogP contribution in [0.15, 0.2) is 18.2 Å². The van der Waals surface area contributed by atoms with E-state index in [0.29, 0.717) is 0 Å². The number of hydrogen-bond acceptors (Lipinski definition) is 3. The normalized spacial score (nSPS) is 10.9. The highest BCUT2D eigenvalue weighted by Gasteiger charge is 2.05. The van der Waals surface area contributed by atoms with Crippen molar-refractivity contribution in [3.8, 4) is 5.75 Å². The summed E-state index contributed by atoms with van der Waals surface area (Å²) in [5, 5.41) is 0. The Hall–Kier alpha value is -0.940. The van der Waals surface area contributed by atoms with Crippen molar-refractivity contribution in [2.75, 3.05) is 19.1 Å². The SMILES string of the molecule is COc1ccc2[nH]c(=S)n(CCCSC)c2c1. The molecule has 2 rings (SSSR count). The molecule has 0 saturated carbocycles. The lowest BCUT2D eigenvalue weighted by atomic mass is 10.3. The molecule has 3 nitrogen and oxygen atoms in total. The highest BCUT2D eigenvalue weighted by Crippen LogP contribution is 2.21. The van der Waals surface area contributed by atoms with Crippen molar-refractivity contribution in [1.29, 1.82) is 0 Å². The van der Waals surface area contributed by atoms with Gasteiger partial charge >= 0.3 is 0 Å². The zero-order valence-corrected chi connectivity index (χ0v) is 11.7. The van der Waals surface area contributed by atoms with E-state index >= 15 is 0 Å². The summed E-state index contributed by atoms with van der Waals surface area (Å²) in [6.07, 6.45) is 3.25. The van der Waals surface area contributed by atoms with Crippen LogP contribution in [0.1, 0.15) is 6.42 Å². The number of thioether (sulfide) groups is 1. The zero-order chi connectivity index (χ0) is 12.3. The van der Waals surface area contributed by atoms with Crippen molar-refractivity contribution in [1.82, 2.24) is 9.55 Å². The van der Waals surface area contributed by atoms with Gasteiger partial charge in [-0.15, -0.1) is 0 Å². The maximum Gasteiger partial charge on any atom is 0.178 e. The highest BCUT2D eigenvalue weighted by molar-refractivity contribution is 7.98. The Morgan fingerprint density at radius 3 is 3.00 bits per heavy atom. The number of methoxy groups -OCH3 is 1. The van der Waals surface area contributed by atoms with E-state index in [4.69, 9.17) is 17.0 Å². The van der Waals surface area contributed by atoms with Gasteiger partial charge in [0.25, 0.3) is 0 Å². The third-order valence-electron chi connectivity index (χ3n) is 2.71. The third kappa shape index (κ3) is 2.66. The number of fused-ring (bicyclic) bond motifs is 1. The van der Waals surface area contributed by atoms with E-state index in [9.17, 15) is 0 Å². The van der Waals surface area contributed by atoms with Crippen molar-refractivity contribution in [3.63, 3.8) is 0 Å². The van der Waals surface area contributed by atoms with Gasteiger partial charge in [-0.3, -0.25) is 0 Å². The second kappa shape index (κ2) is 5.60. The van der Waals surface area contributed by atoms with Gasteiger partial charge < -0.3 is 14.3 Å². The van der Waals surface area contributed by atoms with Gasteiger partial charge in [0.2, 0.25) is 0 Å². The van der Waals surface area contributed by atoms with Crippen LogP contribution in [0.5, 0.6) is 5.75 Å². The molecule has 0 aliphatic rings. The molecule has 0 saturated heterocycles. The Balaban J connectivity index is 2.38. The number of H-pyrrole nitrogens is 1. The lowest BCUT2D eigenvalue weighted by Gasteiger charge is -2.05. The number of nitrogens with one attached hydrogen (secondary N) is 1. The van der Waals surface area contributed by atoms with Crippen LogP contribution in [0.25, 0.3) is 11.0 Å². The van der Waals surface area contributed by atoms with Gasteiger partial charge in [-0.2, -0.15) is 11.8 Å². The van der Waals surface area contributed by atoms with Gasteiger partial charge in [-0.25, -0.2) is 0 Å². The van der Waals surface area contributed by atoms with Crippen LogP contribution in [0.2, 0.25) is 0 Å². The van der Waals surface area contributed by atoms with Crippen LogP contribution >= 0.6 is 24.0 Å². The summed E-state index contributed by atoms with van der Waals surface area (Å²) in [5.74, 6) is 2.02. The molecule has 0 spiro atoms. The van der Waals surface area contributed by atoms with E-state index in [-0.39, 0.29) is 0 Å². The van der Waals surface area contributed by atoms with E-state index in [0.717, 1.165) is 40.3 Å². The zero-order valence-electron chi connectivity index (χ0n) is 10.0. The fraction of sp³-hybridized carbons (Fsp3) is 0.417. The molecule has 0 atom stereocenters. The number of rotatable bonds is 5. The Morgan fingerprint density at radius 1 is 1.47 bits per heavy atom. The largest absolute Gasteiger partial charge is 0.497 e. The molecule has 0 unspecified atom stereocenters. The van der Waals surface area contributed by atoms with Crippen LogP contribution in [0.4, 0.5) is 0 Å². The minimum Gasteiger partial charge on any atom is -0.497 e. The van der Waals surface area contributed by atoms with Crippen molar-refractivity contribution >= 4 is 35.0 Å². The van der Waals surface area contributed by atoms with Crippen LogP contribution in [-0.4, -0.2) is 28.7 Å². The number of hydrogen-bond donors (Lipinski definition) is 1. The number of aryl methyl sites for hydroxylation is 1. The van der Waals surface area contributed by atoms with Gasteiger partial charge in [-0.1, -0.05) is 0 Å². The smallest absolute Gasteiger partial charge is 0.178 e. The molecule has 2 aromatic rings. The first kappa shape index (κ1) is 12.5. The second-order valence-electron chi connectivity index (χ2n) is 3.81. The minimum atomic E-state index is 0.786. The molecule has 1 N–H and O–H groups in total. The summed E-state index contributed by atoms with van der Waals surface area (Å²) >= 11 is 7.20. The highest BCUT2D eigenvalue weighted by atomic mass is 32.2. The Bertz CT molecular complexity index is 559. The van der Waals surface area contributed by atoms with Crippen molar-refractivity contribution in [2.24, 2.45) is 0 Å². The van der Waals surface area contributed by atoms with Gasteiger partial charge in [-0.05, 0) is 42.8 Å². The number of aromatic amines is 1. The van der Waals surface area contributed by atoms with Crippen LogP contribution in [0, 0.1) is 4.77 Å². The van der Waals surface area contributed by atoms with Gasteiger partial charge in [0.05, 0.1) is 18.1 Å². The molecule has 17 heavy (non-hydrogen) atoms. The Labute approximate surface area is 110 Å². The topological polar surface area (TPSA) is 29.9 Å². The van der Waals surface area contributed by atoms with Crippen molar-refractivity contribution in [2.45, 2.75) is 13.0 Å². The molecule has 0 bridgehead atoms. The molecular weight excluding hydrogens is 252 g/mol. The number of ether oxygens (including phenoxy) is 1. The molecular formula is C12H16N2OS2. The van der Waals surface area contributed by atoms with E-state index < -0.39 is 0 Å². The van der Waals surface area contributed by atoms with Crippen molar-refractivity contribution < 1.29 is 4.74 Å². The van der Waals surface area contributed by atoms with Gasteiger partial charge in [0.1, 0.15) is 5.75 Å². The van der Waals surface area contributed by atoms with Crippen LogP contribution in [0.3, 0.4) is 0 Å². The predicted molar refractivity (Wildman–Crippen MR) is 76.7 cm³/mol. The van der Waals surface area contributed by atoms with Crippen LogP contribution in [-0.2, 0) is 6.54 Å². The summed E-state index contributed by atoms with van der Waals surface area (Å²) in [7, 11) is 1.68. The average molecular weight is 268 g/mol. The molecule has 1 aromatic heterocycles. The quantitative estimate of drug-likeness (QED) is 0.665. The molecule has 0 amide bonds.